The number of aryl methyl sites for hydroxylation is 1. The molecule has 1 aromatic heterocycles. The minimum Gasteiger partial charge on any atom is -0.489 e. The van der Waals surface area contributed by atoms with Crippen molar-refractivity contribution in [3.63, 3.8) is 0 Å². The summed E-state index contributed by atoms with van der Waals surface area (Å²) < 4.78 is 7.82. The Morgan fingerprint density at radius 2 is 1.74 bits per heavy atom. The SMILES string of the molecule is CC1=C(C(=O)Nc2cccc(C)c2)C(c2ccc(OCc3ccccc3Cl)cc2)n2nc(SCc3ccccc3)nc2N1. The van der Waals surface area contributed by atoms with Crippen LogP contribution in [-0.4, -0.2) is 20.7 Å². The predicted octanol–water partition coefficient (Wildman–Crippen LogP) is 8.04. The van der Waals surface area contributed by atoms with E-state index >= 15 is 0 Å². The highest BCUT2D eigenvalue weighted by molar-refractivity contribution is 7.98. The molecular formula is C34H30ClN5O2S. The van der Waals surface area contributed by atoms with Gasteiger partial charge in [-0.3, -0.25) is 4.79 Å². The first-order valence-corrected chi connectivity index (χ1v) is 15.3. The maximum Gasteiger partial charge on any atom is 0.255 e. The number of benzene rings is 4. The maximum atomic E-state index is 13.8. The number of aromatic nitrogens is 3. The number of amides is 1. The van der Waals surface area contributed by atoms with Gasteiger partial charge in [0.25, 0.3) is 5.91 Å². The fourth-order valence-corrected chi connectivity index (χ4v) is 5.94. The van der Waals surface area contributed by atoms with Gasteiger partial charge in [0.05, 0.1) is 5.57 Å². The molecule has 2 N–H and O–H groups in total. The van der Waals surface area contributed by atoms with Crippen LogP contribution in [0.1, 0.15) is 35.2 Å². The lowest BCUT2D eigenvalue weighted by Crippen LogP contribution is -2.31. The summed E-state index contributed by atoms with van der Waals surface area (Å²) in [5.41, 5.74) is 6.05. The standard InChI is InChI=1S/C34H30ClN5O2S/c1-22-9-8-13-27(19-22)37-32(41)30-23(2)36-33-38-34(43-21-24-10-4-3-5-11-24)39-40(33)31(30)25-15-17-28(18-16-25)42-20-26-12-6-7-14-29(26)35/h3-19,31H,20-21H2,1-2H3,(H,37,41)(H,36,38,39). The third-order valence-electron chi connectivity index (χ3n) is 7.11. The summed E-state index contributed by atoms with van der Waals surface area (Å²) in [6.45, 7) is 4.25. The lowest BCUT2D eigenvalue weighted by molar-refractivity contribution is -0.113. The highest BCUT2D eigenvalue weighted by Gasteiger charge is 2.34. The summed E-state index contributed by atoms with van der Waals surface area (Å²) in [7, 11) is 0. The zero-order valence-electron chi connectivity index (χ0n) is 23.8. The van der Waals surface area contributed by atoms with E-state index in [-0.39, 0.29) is 5.91 Å². The van der Waals surface area contributed by atoms with Crippen LogP contribution in [-0.2, 0) is 17.2 Å². The summed E-state index contributed by atoms with van der Waals surface area (Å²) >= 11 is 7.86. The van der Waals surface area contributed by atoms with Crippen LogP contribution >= 0.6 is 23.4 Å². The number of anilines is 2. The minimum absolute atomic E-state index is 0.209. The van der Waals surface area contributed by atoms with Gasteiger partial charge in [-0.25, -0.2) is 4.68 Å². The molecule has 5 aromatic rings. The van der Waals surface area contributed by atoms with Gasteiger partial charge in [-0.15, -0.1) is 5.10 Å². The van der Waals surface area contributed by atoms with Gasteiger partial charge in [-0.05, 0) is 60.9 Å². The summed E-state index contributed by atoms with van der Waals surface area (Å²) in [6, 6.07) is 32.8. The van der Waals surface area contributed by atoms with Gasteiger partial charge in [0, 0.05) is 27.7 Å². The monoisotopic (exact) mass is 607 g/mol. The number of hydrogen-bond acceptors (Lipinski definition) is 6. The van der Waals surface area contributed by atoms with Crippen molar-refractivity contribution < 1.29 is 9.53 Å². The van der Waals surface area contributed by atoms with E-state index in [0.717, 1.165) is 28.1 Å². The lowest BCUT2D eigenvalue weighted by atomic mass is 9.95. The van der Waals surface area contributed by atoms with Crippen molar-refractivity contribution in [2.45, 2.75) is 37.4 Å². The molecule has 1 aliphatic heterocycles. The van der Waals surface area contributed by atoms with Crippen molar-refractivity contribution in [3.8, 4) is 5.75 Å². The van der Waals surface area contributed by atoms with Crippen LogP contribution in [0.2, 0.25) is 5.02 Å². The number of rotatable bonds is 9. The molecule has 216 valence electrons. The number of nitrogens with one attached hydrogen (secondary N) is 2. The highest BCUT2D eigenvalue weighted by Crippen LogP contribution is 2.37. The zero-order valence-corrected chi connectivity index (χ0v) is 25.3. The van der Waals surface area contributed by atoms with Crippen molar-refractivity contribution >= 4 is 40.9 Å². The van der Waals surface area contributed by atoms with Gasteiger partial charge in [-0.2, -0.15) is 4.98 Å². The molecule has 1 atom stereocenters. The van der Waals surface area contributed by atoms with Gasteiger partial charge in [0.15, 0.2) is 0 Å². The van der Waals surface area contributed by atoms with Crippen molar-refractivity contribution in [3.05, 3.63) is 142 Å². The molecule has 1 aliphatic rings. The molecule has 0 saturated carbocycles. The summed E-state index contributed by atoms with van der Waals surface area (Å²) in [5.74, 6) is 1.81. The first kappa shape index (κ1) is 28.6. The Labute approximate surface area is 260 Å². The third-order valence-corrected chi connectivity index (χ3v) is 8.39. The van der Waals surface area contributed by atoms with Crippen LogP contribution in [0.4, 0.5) is 11.6 Å². The van der Waals surface area contributed by atoms with Gasteiger partial charge in [0.1, 0.15) is 18.4 Å². The average molecular weight is 608 g/mol. The number of allylic oxidation sites excluding steroid dienone is 1. The van der Waals surface area contributed by atoms with Crippen LogP contribution in [0.15, 0.2) is 120 Å². The fourth-order valence-electron chi connectivity index (χ4n) is 4.96. The minimum atomic E-state index is -0.503. The Kier molecular flexibility index (Phi) is 8.49. The summed E-state index contributed by atoms with van der Waals surface area (Å²) in [4.78, 5) is 18.6. The molecule has 43 heavy (non-hydrogen) atoms. The molecule has 2 heterocycles. The van der Waals surface area contributed by atoms with E-state index in [4.69, 9.17) is 26.4 Å². The van der Waals surface area contributed by atoms with E-state index in [1.54, 1.807) is 16.4 Å². The van der Waals surface area contributed by atoms with Crippen LogP contribution in [0.3, 0.4) is 0 Å². The Morgan fingerprint density at radius 1 is 0.977 bits per heavy atom. The van der Waals surface area contributed by atoms with E-state index < -0.39 is 6.04 Å². The smallest absolute Gasteiger partial charge is 0.255 e. The van der Waals surface area contributed by atoms with Crippen LogP contribution in [0.25, 0.3) is 0 Å². The van der Waals surface area contributed by atoms with Gasteiger partial charge < -0.3 is 15.4 Å². The topological polar surface area (TPSA) is 81.1 Å². The van der Waals surface area contributed by atoms with Crippen LogP contribution in [0, 0.1) is 6.92 Å². The van der Waals surface area contributed by atoms with E-state index in [2.05, 4.69) is 22.8 Å². The molecule has 0 radical (unpaired) electrons. The second kappa shape index (κ2) is 12.8. The molecule has 1 amide bonds. The van der Waals surface area contributed by atoms with Gasteiger partial charge in [-0.1, -0.05) is 96.2 Å². The number of nitrogens with zero attached hydrogens (tertiary/aromatic N) is 3. The lowest BCUT2D eigenvalue weighted by Gasteiger charge is -2.28. The Hall–Kier alpha value is -4.53. The fraction of sp³-hybridized carbons (Fsp3) is 0.147. The van der Waals surface area contributed by atoms with Crippen LogP contribution < -0.4 is 15.4 Å². The van der Waals surface area contributed by atoms with Crippen LogP contribution in [0.5, 0.6) is 5.75 Å². The average Bonchev–Trinajstić information content (AvgIpc) is 3.42. The quantitative estimate of drug-likeness (QED) is 0.165. The van der Waals surface area contributed by atoms with E-state index in [1.165, 1.54) is 5.56 Å². The molecule has 0 saturated heterocycles. The third kappa shape index (κ3) is 6.61. The first-order valence-electron chi connectivity index (χ1n) is 13.9. The number of carbonyl (C=O) groups excluding carboxylic acids is 1. The molecule has 0 bridgehead atoms. The molecule has 7 nitrogen and oxygen atoms in total. The Morgan fingerprint density at radius 3 is 2.51 bits per heavy atom. The second-order valence-electron chi connectivity index (χ2n) is 10.3. The molecule has 6 rings (SSSR count). The second-order valence-corrected chi connectivity index (χ2v) is 11.6. The summed E-state index contributed by atoms with van der Waals surface area (Å²) in [5, 5.41) is 12.6. The van der Waals surface area contributed by atoms with Crippen molar-refractivity contribution in [2.75, 3.05) is 10.6 Å². The van der Waals surface area contributed by atoms with Gasteiger partial charge in [0.2, 0.25) is 11.1 Å². The number of ether oxygens (including phenoxy) is 1. The molecule has 1 unspecified atom stereocenters. The molecule has 4 aromatic carbocycles. The first-order chi connectivity index (χ1) is 20.9. The number of halogens is 1. The molecule has 0 aliphatic carbocycles. The number of thioether (sulfide) groups is 1. The molecule has 0 fully saturated rings. The van der Waals surface area contributed by atoms with Gasteiger partial charge >= 0.3 is 0 Å². The normalized spacial score (nSPS) is 14.2. The molecule has 0 spiro atoms. The zero-order chi connectivity index (χ0) is 29.8. The van der Waals surface area contributed by atoms with E-state index in [0.29, 0.717) is 39.8 Å². The van der Waals surface area contributed by atoms with Crippen molar-refractivity contribution in [2.24, 2.45) is 0 Å². The maximum absolute atomic E-state index is 13.8. The largest absolute Gasteiger partial charge is 0.489 e. The molecule has 9 heteroatoms. The number of fused-ring (bicyclic) bond motifs is 1. The Balaban J connectivity index is 1.30. The van der Waals surface area contributed by atoms with E-state index in [9.17, 15) is 4.79 Å². The predicted molar refractivity (Wildman–Crippen MR) is 173 cm³/mol. The van der Waals surface area contributed by atoms with Crippen molar-refractivity contribution in [1.82, 2.24) is 14.8 Å². The Bertz CT molecular complexity index is 1790. The molecular weight excluding hydrogens is 578 g/mol. The number of carbonyl (C=O) groups is 1. The van der Waals surface area contributed by atoms with E-state index in [1.807, 2.05) is 105 Å². The van der Waals surface area contributed by atoms with Crippen molar-refractivity contribution in [1.29, 1.82) is 0 Å². The highest BCUT2D eigenvalue weighted by atomic mass is 35.5. The summed E-state index contributed by atoms with van der Waals surface area (Å²) in [6.07, 6.45) is 0. The number of hydrogen-bond donors (Lipinski definition) is 2.